The lowest BCUT2D eigenvalue weighted by atomic mass is 9.94. The smallest absolute Gasteiger partial charge is 0.342 e. The Kier molecular flexibility index (Phi) is 23.2. The van der Waals surface area contributed by atoms with Crippen molar-refractivity contribution < 1.29 is 48.0 Å². The number of aromatic nitrogens is 4. The zero-order chi connectivity index (χ0) is 61.2. The largest absolute Gasteiger partial charge is 0.417 e. The van der Waals surface area contributed by atoms with E-state index in [4.69, 9.17) is 10.2 Å². The van der Waals surface area contributed by atoms with Crippen LogP contribution in [0.2, 0.25) is 0 Å². The highest BCUT2D eigenvalue weighted by molar-refractivity contribution is 7.99. The van der Waals surface area contributed by atoms with Crippen LogP contribution in [0.3, 0.4) is 0 Å². The zero-order valence-electron chi connectivity index (χ0n) is 50.1. The highest BCUT2D eigenvalue weighted by Gasteiger charge is 2.38. The van der Waals surface area contributed by atoms with Crippen LogP contribution < -0.4 is 10.6 Å². The van der Waals surface area contributed by atoms with Gasteiger partial charge >= 0.3 is 12.4 Å². The Hall–Kier alpha value is -3.73. The summed E-state index contributed by atoms with van der Waals surface area (Å²) in [7, 11) is -7.08. The molecular formula is C60H87F6N11O5S4. The third kappa shape index (κ3) is 17.6. The van der Waals surface area contributed by atoms with Crippen LogP contribution in [0.1, 0.15) is 124 Å². The monoisotopic (exact) mass is 1280 g/mol. The molecule has 9 rings (SSSR count). The number of piperidine rings is 3. The van der Waals surface area contributed by atoms with Crippen LogP contribution in [0.5, 0.6) is 0 Å². The van der Waals surface area contributed by atoms with E-state index in [-0.39, 0.29) is 47.3 Å². The molecule has 0 radical (unpaired) electrons. The molecule has 0 bridgehead atoms. The van der Waals surface area contributed by atoms with Gasteiger partial charge in [0.25, 0.3) is 0 Å². The van der Waals surface area contributed by atoms with Gasteiger partial charge in [0.2, 0.25) is 26.0 Å². The lowest BCUT2D eigenvalue weighted by molar-refractivity contribution is -0.140. The first-order valence-corrected chi connectivity index (χ1v) is 36.7. The number of likely N-dealkylation sites (tertiary alicyclic amines) is 3. The standard InChI is InChI=1S/C60H87F6N11O5S4/c1-4-47(68-25-39-84-55-41-46(16-18-51(55)60(64,65)66)57-48-42-74(85(2,79)80)36-21-52(48)76(69-57)32-12-28-71-26-7-5-8-27-71)14-11-23-67-24-38-83-54-40-45(15-17-50(54)59(61,62)63)56-49-43-75(86(3,81)82)37-22-53(49)77(70-56)33-13-29-72-34-19-44(20-35-72)58(78)73-30-9-6-10-31-73/h15-18,40-41,44,47,67-68H,4-14,19-39,42-43H2,1-3H3. The fourth-order valence-electron chi connectivity index (χ4n) is 12.9. The molecule has 5 aliphatic rings. The number of hydrogen-bond donors (Lipinski definition) is 2. The van der Waals surface area contributed by atoms with Crippen molar-refractivity contribution in [3.63, 3.8) is 0 Å². The highest BCUT2D eigenvalue weighted by Crippen LogP contribution is 2.42. The Balaban J connectivity index is 0.764. The molecule has 7 heterocycles. The van der Waals surface area contributed by atoms with Crippen LogP contribution in [0.25, 0.3) is 22.5 Å². The highest BCUT2D eigenvalue weighted by atomic mass is 32.2. The summed E-state index contributed by atoms with van der Waals surface area (Å²) >= 11 is 2.22. The maximum Gasteiger partial charge on any atom is 0.417 e. The number of halogens is 6. The van der Waals surface area contributed by atoms with Crippen LogP contribution in [0.4, 0.5) is 26.3 Å². The van der Waals surface area contributed by atoms with Gasteiger partial charge in [-0.25, -0.2) is 16.8 Å². The Bertz CT molecular complexity index is 3140. The second-order valence-electron chi connectivity index (χ2n) is 23.9. The van der Waals surface area contributed by atoms with E-state index in [1.165, 1.54) is 58.7 Å². The quantitative estimate of drug-likeness (QED) is 0.0330. The van der Waals surface area contributed by atoms with E-state index >= 15 is 0 Å². The first-order valence-electron chi connectivity index (χ1n) is 31.0. The molecule has 2 aromatic heterocycles. The van der Waals surface area contributed by atoms with E-state index in [2.05, 4.69) is 20.4 Å². The van der Waals surface area contributed by atoms with Crippen molar-refractivity contribution in [1.82, 2.24) is 53.5 Å². The number of benzene rings is 2. The molecule has 1 unspecified atom stereocenters. The number of aryl methyl sites for hydroxylation is 2. The summed E-state index contributed by atoms with van der Waals surface area (Å²) in [5.74, 6) is 1.06. The molecule has 4 aromatic rings. The number of hydrogen-bond acceptors (Lipinski definition) is 13. The molecule has 3 saturated heterocycles. The lowest BCUT2D eigenvalue weighted by Gasteiger charge is -2.35. The first kappa shape index (κ1) is 66.7. The Morgan fingerprint density at radius 2 is 1.09 bits per heavy atom. The molecule has 0 aliphatic carbocycles. The number of fused-ring (bicyclic) bond motifs is 2. The Morgan fingerprint density at radius 3 is 1.57 bits per heavy atom. The van der Waals surface area contributed by atoms with Crippen LogP contribution >= 0.6 is 23.5 Å². The number of nitrogens with one attached hydrogen (secondary N) is 2. The van der Waals surface area contributed by atoms with Gasteiger partial charge in [-0.15, -0.1) is 23.5 Å². The maximum atomic E-state index is 14.6. The van der Waals surface area contributed by atoms with Gasteiger partial charge in [-0.2, -0.15) is 45.2 Å². The van der Waals surface area contributed by atoms with E-state index in [1.54, 1.807) is 6.07 Å². The fourth-order valence-corrected chi connectivity index (χ4v) is 16.5. The SMILES string of the molecule is CCC(CCCNCCSc1cc(-c2nn(CCCN3CCC(C(=O)N4CCCCC4)CC3)c3c2CN(S(C)(=O)=O)CC3)ccc1C(F)(F)F)NCCSc1cc(-c2nn(CCCN3CCCCC3)c3c2CN(S(C)(=O)=O)CC3)ccc1C(F)(F)F. The van der Waals surface area contributed by atoms with E-state index in [1.807, 2.05) is 21.2 Å². The maximum absolute atomic E-state index is 14.6. The molecule has 478 valence electrons. The van der Waals surface area contributed by atoms with Crippen molar-refractivity contribution in [2.24, 2.45) is 5.92 Å². The number of carbonyl (C=O) groups excluding carboxylic acids is 1. The Labute approximate surface area is 513 Å². The van der Waals surface area contributed by atoms with E-state index < -0.39 is 43.5 Å². The predicted molar refractivity (Wildman–Crippen MR) is 328 cm³/mol. The van der Waals surface area contributed by atoms with E-state index in [0.717, 1.165) is 169 Å². The number of thioether (sulfide) groups is 2. The summed E-state index contributed by atoms with van der Waals surface area (Å²) in [6.07, 6.45) is 6.55. The summed E-state index contributed by atoms with van der Waals surface area (Å²) in [5, 5.41) is 16.8. The van der Waals surface area contributed by atoms with Gasteiger partial charge in [-0.05, 0) is 147 Å². The summed E-state index contributed by atoms with van der Waals surface area (Å²) in [4.78, 5) is 20.2. The van der Waals surface area contributed by atoms with Crippen LogP contribution in [0, 0.1) is 5.92 Å². The van der Waals surface area contributed by atoms with Gasteiger partial charge in [0.05, 0.1) is 35.0 Å². The van der Waals surface area contributed by atoms with Gasteiger partial charge in [0.1, 0.15) is 0 Å². The molecular weight excluding hydrogens is 1200 g/mol. The third-order valence-corrected chi connectivity index (χ3v) is 22.3. The molecule has 3 fully saturated rings. The fraction of sp³-hybridized carbons (Fsp3) is 0.683. The molecule has 2 N–H and O–H groups in total. The minimum Gasteiger partial charge on any atom is -0.342 e. The lowest BCUT2D eigenvalue weighted by Crippen LogP contribution is -2.44. The summed E-state index contributed by atoms with van der Waals surface area (Å²) in [5.41, 5.74) is 3.76. The number of sulfonamides is 2. The average molecular weight is 1280 g/mol. The van der Waals surface area contributed by atoms with Crippen molar-refractivity contribution in [2.75, 3.05) is 109 Å². The molecule has 1 amide bonds. The molecule has 26 heteroatoms. The third-order valence-electron chi connectivity index (χ3n) is 17.7. The minimum absolute atomic E-state index is 0.0600. The van der Waals surface area contributed by atoms with Crippen molar-refractivity contribution in [2.45, 2.75) is 158 Å². The molecule has 16 nitrogen and oxygen atoms in total. The molecule has 1 atom stereocenters. The van der Waals surface area contributed by atoms with Crippen LogP contribution in [0.15, 0.2) is 46.2 Å². The van der Waals surface area contributed by atoms with Crippen LogP contribution in [-0.4, -0.2) is 181 Å². The average Bonchev–Trinajstić information content (AvgIpc) is 1.86. The number of nitrogens with zero attached hydrogens (tertiary/aromatic N) is 9. The molecule has 2 aromatic carbocycles. The second kappa shape index (κ2) is 29.9. The van der Waals surface area contributed by atoms with E-state index in [0.29, 0.717) is 91.7 Å². The predicted octanol–water partition coefficient (Wildman–Crippen LogP) is 9.70. The number of carbonyl (C=O) groups is 1. The normalized spacial score (nSPS) is 18.8. The van der Waals surface area contributed by atoms with Crippen LogP contribution in [-0.2, 0) is 76.2 Å². The molecule has 86 heavy (non-hydrogen) atoms. The van der Waals surface area contributed by atoms with Gasteiger partial charge in [0, 0.05) is 145 Å². The van der Waals surface area contributed by atoms with Gasteiger partial charge in [0.15, 0.2) is 0 Å². The summed E-state index contributed by atoms with van der Waals surface area (Å²) in [6.45, 7) is 12.7. The number of alkyl halides is 6. The number of amides is 1. The summed E-state index contributed by atoms with van der Waals surface area (Å²) < 4.78 is 145. The first-order chi connectivity index (χ1) is 41.0. The second-order valence-corrected chi connectivity index (χ2v) is 30.1. The van der Waals surface area contributed by atoms with Gasteiger partial charge in [-0.3, -0.25) is 14.2 Å². The van der Waals surface area contributed by atoms with Crippen molar-refractivity contribution in [3.8, 4) is 22.5 Å². The zero-order valence-corrected chi connectivity index (χ0v) is 53.4. The van der Waals surface area contributed by atoms with Crippen molar-refractivity contribution in [3.05, 3.63) is 70.0 Å². The molecule has 0 saturated carbocycles. The van der Waals surface area contributed by atoms with Gasteiger partial charge in [-0.1, -0.05) is 25.5 Å². The minimum atomic E-state index is -4.61. The van der Waals surface area contributed by atoms with Crippen molar-refractivity contribution in [1.29, 1.82) is 0 Å². The van der Waals surface area contributed by atoms with Crippen molar-refractivity contribution >= 4 is 49.5 Å². The Morgan fingerprint density at radius 1 is 0.616 bits per heavy atom. The topological polar surface area (TPSA) is 161 Å². The van der Waals surface area contributed by atoms with Gasteiger partial charge < -0.3 is 25.3 Å². The molecule has 0 spiro atoms. The number of rotatable bonds is 27. The summed E-state index contributed by atoms with van der Waals surface area (Å²) in [6, 6.07) is 8.23. The molecule has 5 aliphatic heterocycles. The van der Waals surface area contributed by atoms with E-state index in [9.17, 15) is 48.0 Å².